The third-order valence-corrected chi connectivity index (χ3v) is 5.11. The molecule has 0 radical (unpaired) electrons. The summed E-state index contributed by atoms with van der Waals surface area (Å²) in [6.07, 6.45) is 3.27. The van der Waals surface area contributed by atoms with Gasteiger partial charge in [0.15, 0.2) is 0 Å². The molecule has 6 nitrogen and oxygen atoms in total. The Hall–Kier alpha value is -2.46. The molecule has 0 bridgehead atoms. The second kappa shape index (κ2) is 9.16. The monoisotopic (exact) mass is 379 g/mol. The van der Waals surface area contributed by atoms with Gasteiger partial charge in [0.1, 0.15) is 11.9 Å². The molecule has 3 heterocycles. The quantitative estimate of drug-likeness (QED) is 0.795. The van der Waals surface area contributed by atoms with Crippen LogP contribution in [0.25, 0.3) is 0 Å². The average Bonchev–Trinajstić information content (AvgIpc) is 3.25. The van der Waals surface area contributed by atoms with Crippen LogP contribution in [0.3, 0.4) is 0 Å². The highest BCUT2D eigenvalue weighted by molar-refractivity contribution is 5.54. The fourth-order valence-corrected chi connectivity index (χ4v) is 3.60. The Kier molecular flexibility index (Phi) is 6.17. The van der Waals surface area contributed by atoms with Gasteiger partial charge in [-0.2, -0.15) is 5.26 Å². The van der Waals surface area contributed by atoms with E-state index >= 15 is 0 Å². The lowest BCUT2D eigenvalue weighted by Crippen LogP contribution is -2.14. The smallest absolute Gasteiger partial charge is 0.144 e. The predicted octanol–water partition coefficient (Wildman–Crippen LogP) is 3.33. The van der Waals surface area contributed by atoms with Gasteiger partial charge in [0.2, 0.25) is 0 Å². The van der Waals surface area contributed by atoms with Crippen molar-refractivity contribution in [1.29, 1.82) is 5.26 Å². The van der Waals surface area contributed by atoms with Crippen molar-refractivity contribution >= 4 is 5.82 Å². The normalized spacial score (nSPS) is 18.5. The fourth-order valence-electron chi connectivity index (χ4n) is 3.60. The van der Waals surface area contributed by atoms with Crippen molar-refractivity contribution in [1.82, 2.24) is 4.98 Å². The molecule has 0 spiro atoms. The van der Waals surface area contributed by atoms with Crippen LogP contribution < -0.4 is 5.32 Å². The molecule has 1 fully saturated rings. The van der Waals surface area contributed by atoms with Gasteiger partial charge in [-0.1, -0.05) is 24.3 Å². The van der Waals surface area contributed by atoms with Gasteiger partial charge in [0.25, 0.3) is 0 Å². The van der Waals surface area contributed by atoms with Crippen LogP contribution in [0, 0.1) is 11.3 Å². The first kappa shape index (κ1) is 18.9. The van der Waals surface area contributed by atoms with E-state index in [1.807, 2.05) is 12.1 Å². The molecule has 1 saturated heterocycles. The number of rotatable bonds is 7. The number of nitrogens with zero attached hydrogens (tertiary/aromatic N) is 2. The maximum atomic E-state index is 9.46. The van der Waals surface area contributed by atoms with E-state index in [2.05, 4.69) is 34.6 Å². The zero-order valence-corrected chi connectivity index (χ0v) is 15.9. The summed E-state index contributed by atoms with van der Waals surface area (Å²) in [5.41, 5.74) is 4.86. The first-order valence-electron chi connectivity index (χ1n) is 9.83. The number of nitriles is 1. The minimum absolute atomic E-state index is 0.244. The standard InChI is InChI=1S/C22H25N3O3/c23-11-19-10-18-6-8-26-15-21(18)25-22(19)24-12-16-3-1-4-17(9-16)13-27-14-20-5-2-7-28-20/h1,3-4,9-10,20H,2,5-8,12-15H2,(H,24,25). The fraction of sp³-hybridized carbons (Fsp3) is 0.455. The van der Waals surface area contributed by atoms with Crippen LogP contribution in [0.2, 0.25) is 0 Å². The van der Waals surface area contributed by atoms with Crippen LogP contribution in [0.4, 0.5) is 5.82 Å². The first-order valence-corrected chi connectivity index (χ1v) is 9.83. The molecular formula is C22H25N3O3. The van der Waals surface area contributed by atoms with Crippen molar-refractivity contribution in [2.75, 3.05) is 25.1 Å². The molecule has 1 N–H and O–H groups in total. The molecule has 1 unspecified atom stereocenters. The molecule has 28 heavy (non-hydrogen) atoms. The van der Waals surface area contributed by atoms with Gasteiger partial charge in [-0.25, -0.2) is 4.98 Å². The number of anilines is 1. The molecule has 0 amide bonds. The van der Waals surface area contributed by atoms with Gasteiger partial charge in [-0.3, -0.25) is 0 Å². The zero-order valence-electron chi connectivity index (χ0n) is 15.9. The Balaban J connectivity index is 1.36. The third kappa shape index (κ3) is 4.68. The van der Waals surface area contributed by atoms with Crippen molar-refractivity contribution in [2.45, 2.75) is 45.1 Å². The molecule has 2 aromatic rings. The molecule has 6 heteroatoms. The molecule has 2 aliphatic rings. The van der Waals surface area contributed by atoms with Crippen LogP contribution in [0.5, 0.6) is 0 Å². The molecule has 2 aliphatic heterocycles. The van der Waals surface area contributed by atoms with Gasteiger partial charge in [-0.15, -0.1) is 0 Å². The lowest BCUT2D eigenvalue weighted by Gasteiger charge is -2.18. The maximum Gasteiger partial charge on any atom is 0.144 e. The number of nitrogens with one attached hydrogen (secondary N) is 1. The topological polar surface area (TPSA) is 76.4 Å². The van der Waals surface area contributed by atoms with Crippen molar-refractivity contribution < 1.29 is 14.2 Å². The Morgan fingerprint density at radius 3 is 3.04 bits per heavy atom. The molecular weight excluding hydrogens is 354 g/mol. The number of hydrogen-bond donors (Lipinski definition) is 1. The van der Waals surface area contributed by atoms with Crippen LogP contribution in [0.15, 0.2) is 30.3 Å². The van der Waals surface area contributed by atoms with Gasteiger partial charge in [0.05, 0.1) is 43.8 Å². The van der Waals surface area contributed by atoms with Crippen molar-refractivity contribution in [3.63, 3.8) is 0 Å². The van der Waals surface area contributed by atoms with E-state index < -0.39 is 0 Å². The molecule has 0 aliphatic carbocycles. The summed E-state index contributed by atoms with van der Waals surface area (Å²) >= 11 is 0. The summed E-state index contributed by atoms with van der Waals surface area (Å²) in [6, 6.07) is 12.5. The molecule has 146 valence electrons. The van der Waals surface area contributed by atoms with Crippen LogP contribution in [-0.2, 0) is 40.4 Å². The van der Waals surface area contributed by atoms with Gasteiger partial charge >= 0.3 is 0 Å². The highest BCUT2D eigenvalue weighted by Crippen LogP contribution is 2.22. The van der Waals surface area contributed by atoms with Crippen molar-refractivity contribution in [3.8, 4) is 6.07 Å². The molecule has 0 saturated carbocycles. The summed E-state index contributed by atoms with van der Waals surface area (Å²) in [5, 5.41) is 12.8. The summed E-state index contributed by atoms with van der Waals surface area (Å²) in [7, 11) is 0. The molecule has 1 atom stereocenters. The summed E-state index contributed by atoms with van der Waals surface area (Å²) < 4.78 is 16.9. The number of hydrogen-bond acceptors (Lipinski definition) is 6. The Morgan fingerprint density at radius 2 is 2.18 bits per heavy atom. The second-order valence-electron chi connectivity index (χ2n) is 7.23. The van der Waals surface area contributed by atoms with Gasteiger partial charge in [0, 0.05) is 13.2 Å². The molecule has 1 aromatic carbocycles. The van der Waals surface area contributed by atoms with Gasteiger partial charge in [-0.05, 0) is 42.0 Å². The van der Waals surface area contributed by atoms with E-state index in [9.17, 15) is 5.26 Å². The van der Waals surface area contributed by atoms with Crippen molar-refractivity contribution in [2.24, 2.45) is 0 Å². The number of pyridine rings is 1. The Bertz CT molecular complexity index is 857. The number of fused-ring (bicyclic) bond motifs is 1. The SMILES string of the molecule is N#Cc1cc2c(nc1NCc1cccc(COCC3CCCO3)c1)COCC2. The van der Waals surface area contributed by atoms with E-state index in [-0.39, 0.29) is 6.10 Å². The Labute approximate surface area is 165 Å². The number of aromatic nitrogens is 1. The van der Waals surface area contributed by atoms with E-state index in [0.29, 0.717) is 44.4 Å². The Morgan fingerprint density at radius 1 is 1.25 bits per heavy atom. The lowest BCUT2D eigenvalue weighted by molar-refractivity contribution is 0.0106. The van der Waals surface area contributed by atoms with E-state index in [1.165, 1.54) is 0 Å². The van der Waals surface area contributed by atoms with Crippen LogP contribution in [-0.4, -0.2) is 30.9 Å². The minimum atomic E-state index is 0.244. The predicted molar refractivity (Wildman–Crippen MR) is 105 cm³/mol. The maximum absolute atomic E-state index is 9.46. The first-order chi connectivity index (χ1) is 13.8. The average molecular weight is 379 g/mol. The summed E-state index contributed by atoms with van der Waals surface area (Å²) in [6.45, 7) is 3.87. The zero-order chi connectivity index (χ0) is 19.2. The van der Waals surface area contributed by atoms with E-state index in [4.69, 9.17) is 14.2 Å². The second-order valence-corrected chi connectivity index (χ2v) is 7.23. The minimum Gasteiger partial charge on any atom is -0.376 e. The van der Waals surface area contributed by atoms with E-state index in [0.717, 1.165) is 48.3 Å². The largest absolute Gasteiger partial charge is 0.376 e. The molecule has 4 rings (SSSR count). The van der Waals surface area contributed by atoms with Crippen LogP contribution in [0.1, 0.15) is 40.8 Å². The number of ether oxygens (including phenoxy) is 3. The third-order valence-electron chi connectivity index (χ3n) is 5.11. The lowest BCUT2D eigenvalue weighted by atomic mass is 10.1. The van der Waals surface area contributed by atoms with Gasteiger partial charge < -0.3 is 19.5 Å². The molecule has 1 aromatic heterocycles. The van der Waals surface area contributed by atoms with E-state index in [1.54, 1.807) is 0 Å². The van der Waals surface area contributed by atoms with Crippen LogP contribution >= 0.6 is 0 Å². The highest BCUT2D eigenvalue weighted by Gasteiger charge is 2.16. The number of benzene rings is 1. The summed E-state index contributed by atoms with van der Waals surface area (Å²) in [4.78, 5) is 4.62. The summed E-state index contributed by atoms with van der Waals surface area (Å²) in [5.74, 6) is 0.617. The highest BCUT2D eigenvalue weighted by atomic mass is 16.5. The van der Waals surface area contributed by atoms with Crippen molar-refractivity contribution in [3.05, 3.63) is 58.3 Å².